The summed E-state index contributed by atoms with van der Waals surface area (Å²) in [4.78, 5) is 3.62. The number of benzene rings is 2. The van der Waals surface area contributed by atoms with Crippen LogP contribution in [0.25, 0.3) is 11.4 Å². The van der Waals surface area contributed by atoms with Gasteiger partial charge in [-0.1, -0.05) is 24.3 Å². The maximum absolute atomic E-state index is 14.1. The number of sulfonamides is 1. The van der Waals surface area contributed by atoms with Gasteiger partial charge in [-0.3, -0.25) is 9.82 Å². The Morgan fingerprint density at radius 1 is 1.17 bits per heavy atom. The highest BCUT2D eigenvalue weighted by Gasteiger charge is 2.20. The molecule has 3 rings (SSSR count). The lowest BCUT2D eigenvalue weighted by atomic mass is 10.2. The maximum atomic E-state index is 14.1. The topological polar surface area (TPSA) is 87.7 Å². The summed E-state index contributed by atoms with van der Waals surface area (Å²) in [5.41, 5.74) is 1.23. The van der Waals surface area contributed by atoms with Gasteiger partial charge in [0.1, 0.15) is 17.0 Å². The van der Waals surface area contributed by atoms with Gasteiger partial charge in [-0.2, -0.15) is 5.10 Å². The van der Waals surface area contributed by atoms with Crippen molar-refractivity contribution in [2.24, 2.45) is 0 Å². The summed E-state index contributed by atoms with van der Waals surface area (Å²) < 4.78 is 41.2. The fourth-order valence-corrected chi connectivity index (χ4v) is 3.31. The van der Waals surface area contributed by atoms with E-state index in [0.717, 1.165) is 0 Å². The van der Waals surface area contributed by atoms with Crippen LogP contribution in [0, 0.1) is 12.7 Å². The van der Waals surface area contributed by atoms with Crippen LogP contribution >= 0.6 is 0 Å². The van der Waals surface area contributed by atoms with Gasteiger partial charge in [-0.15, -0.1) is 0 Å². The molecule has 8 heteroatoms. The number of anilines is 1. The minimum atomic E-state index is -4.02. The molecule has 1 aromatic heterocycles. The molecule has 0 unspecified atom stereocenters. The van der Waals surface area contributed by atoms with Crippen LogP contribution in [-0.2, 0) is 10.0 Å². The number of aromatic nitrogens is 3. The highest BCUT2D eigenvalue weighted by Crippen LogP contribution is 2.23. The molecule has 3 aromatic rings. The molecule has 6 nitrogen and oxygen atoms in total. The fraction of sp³-hybridized carbons (Fsp3) is 0.0667. The largest absolute Gasteiger partial charge is 0.280 e. The molecule has 0 aliphatic heterocycles. The van der Waals surface area contributed by atoms with Crippen LogP contribution in [0.5, 0.6) is 0 Å². The van der Waals surface area contributed by atoms with E-state index in [1.165, 1.54) is 31.5 Å². The highest BCUT2D eigenvalue weighted by molar-refractivity contribution is 7.92. The summed E-state index contributed by atoms with van der Waals surface area (Å²) in [6, 6.07) is 10.8. The fourth-order valence-electron chi connectivity index (χ4n) is 2.11. The number of aromatic amines is 1. The van der Waals surface area contributed by atoms with Gasteiger partial charge in [-0.25, -0.2) is 17.8 Å². The van der Waals surface area contributed by atoms with Crippen molar-refractivity contribution >= 4 is 15.7 Å². The number of hydrogen-bond donors (Lipinski definition) is 2. The third-order valence-corrected chi connectivity index (χ3v) is 4.65. The Hall–Kier alpha value is -2.74. The van der Waals surface area contributed by atoms with E-state index in [4.69, 9.17) is 0 Å². The van der Waals surface area contributed by atoms with Crippen LogP contribution in [0.15, 0.2) is 53.7 Å². The first-order valence-electron chi connectivity index (χ1n) is 6.71. The average molecular weight is 332 g/mol. The van der Waals surface area contributed by atoms with Crippen LogP contribution in [0.1, 0.15) is 5.56 Å². The van der Waals surface area contributed by atoms with Crippen LogP contribution in [0.3, 0.4) is 0 Å². The Bertz CT molecular complexity index is 940. The van der Waals surface area contributed by atoms with Gasteiger partial charge in [0.25, 0.3) is 10.0 Å². The second-order valence-electron chi connectivity index (χ2n) is 4.91. The van der Waals surface area contributed by atoms with E-state index in [2.05, 4.69) is 19.9 Å². The molecule has 2 N–H and O–H groups in total. The van der Waals surface area contributed by atoms with Crippen LogP contribution < -0.4 is 4.72 Å². The molecular weight excluding hydrogens is 319 g/mol. The summed E-state index contributed by atoms with van der Waals surface area (Å²) >= 11 is 0. The molecule has 0 bridgehead atoms. The van der Waals surface area contributed by atoms with Gasteiger partial charge in [0.05, 0.1) is 0 Å². The zero-order chi connectivity index (χ0) is 16.4. The lowest BCUT2D eigenvalue weighted by Gasteiger charge is -2.10. The Labute approximate surface area is 132 Å². The summed E-state index contributed by atoms with van der Waals surface area (Å²) in [5.74, 6) is -0.251. The van der Waals surface area contributed by atoms with E-state index >= 15 is 0 Å². The number of nitrogens with zero attached hydrogens (tertiary/aromatic N) is 2. The Kier molecular flexibility index (Phi) is 3.83. The number of halogens is 1. The minimum Gasteiger partial charge on any atom is -0.280 e. The van der Waals surface area contributed by atoms with E-state index in [1.807, 2.05) is 0 Å². The molecule has 0 fully saturated rings. The van der Waals surface area contributed by atoms with Crippen LogP contribution in [-0.4, -0.2) is 23.6 Å². The number of rotatable bonds is 4. The van der Waals surface area contributed by atoms with Crippen molar-refractivity contribution in [3.63, 3.8) is 0 Å². The van der Waals surface area contributed by atoms with Crippen LogP contribution in [0.4, 0.5) is 10.1 Å². The summed E-state index contributed by atoms with van der Waals surface area (Å²) in [6.07, 6.45) is 1.36. The van der Waals surface area contributed by atoms with E-state index in [9.17, 15) is 12.8 Å². The van der Waals surface area contributed by atoms with E-state index < -0.39 is 15.8 Å². The third-order valence-electron chi connectivity index (χ3n) is 3.25. The second-order valence-corrected chi connectivity index (χ2v) is 6.56. The molecule has 0 aliphatic carbocycles. The van der Waals surface area contributed by atoms with Crippen molar-refractivity contribution in [1.29, 1.82) is 0 Å². The molecule has 0 radical (unpaired) electrons. The molecule has 23 heavy (non-hydrogen) atoms. The standard InChI is InChI=1S/C15H13FN4O2S/c1-10-4-2-7-13(14(10)16)23(21,22)20-12-6-3-5-11(8-12)15-17-9-18-19-15/h2-9,20H,1H3,(H,17,18,19). The van der Waals surface area contributed by atoms with Gasteiger partial charge < -0.3 is 0 Å². The van der Waals surface area contributed by atoms with E-state index in [0.29, 0.717) is 17.1 Å². The van der Waals surface area contributed by atoms with Gasteiger partial charge >= 0.3 is 0 Å². The minimum absolute atomic E-state index is 0.267. The lowest BCUT2D eigenvalue weighted by Crippen LogP contribution is -2.15. The lowest BCUT2D eigenvalue weighted by molar-refractivity contribution is 0.565. The smallest absolute Gasteiger partial charge is 0.264 e. The van der Waals surface area contributed by atoms with Gasteiger partial charge in [0, 0.05) is 11.3 Å². The van der Waals surface area contributed by atoms with Crippen molar-refractivity contribution in [2.45, 2.75) is 11.8 Å². The predicted octanol–water partition coefficient (Wildman–Crippen LogP) is 2.72. The highest BCUT2D eigenvalue weighted by atomic mass is 32.2. The first-order chi connectivity index (χ1) is 11.0. The first-order valence-corrected chi connectivity index (χ1v) is 8.19. The molecule has 0 amide bonds. The number of aryl methyl sites for hydroxylation is 1. The Morgan fingerprint density at radius 3 is 2.70 bits per heavy atom. The van der Waals surface area contributed by atoms with Gasteiger partial charge in [0.2, 0.25) is 0 Å². The maximum Gasteiger partial charge on any atom is 0.264 e. The van der Waals surface area contributed by atoms with Crippen molar-refractivity contribution in [2.75, 3.05) is 4.72 Å². The number of hydrogen-bond acceptors (Lipinski definition) is 4. The quantitative estimate of drug-likeness (QED) is 0.769. The number of H-pyrrole nitrogens is 1. The van der Waals surface area contributed by atoms with Crippen molar-refractivity contribution in [3.8, 4) is 11.4 Å². The summed E-state index contributed by atoms with van der Waals surface area (Å²) in [5, 5.41) is 6.44. The molecule has 0 aliphatic rings. The zero-order valence-electron chi connectivity index (χ0n) is 12.1. The van der Waals surface area contributed by atoms with E-state index in [-0.39, 0.29) is 10.5 Å². The van der Waals surface area contributed by atoms with Gasteiger partial charge in [0.15, 0.2) is 5.82 Å². The Balaban J connectivity index is 1.95. The molecule has 118 valence electrons. The molecular formula is C15H13FN4O2S. The Morgan fingerprint density at radius 2 is 1.96 bits per heavy atom. The summed E-state index contributed by atoms with van der Waals surface area (Å²) in [6.45, 7) is 1.51. The van der Waals surface area contributed by atoms with Crippen molar-refractivity contribution in [1.82, 2.24) is 15.2 Å². The molecule has 0 atom stereocenters. The molecule has 0 saturated carbocycles. The predicted molar refractivity (Wildman–Crippen MR) is 83.8 cm³/mol. The van der Waals surface area contributed by atoms with E-state index in [1.54, 1.807) is 24.3 Å². The molecule has 1 heterocycles. The molecule has 2 aromatic carbocycles. The van der Waals surface area contributed by atoms with Crippen molar-refractivity contribution < 1.29 is 12.8 Å². The molecule has 0 saturated heterocycles. The first kappa shape index (κ1) is 15.2. The SMILES string of the molecule is Cc1cccc(S(=O)(=O)Nc2cccc(-c3ncn[nH]3)c2)c1F. The van der Waals surface area contributed by atoms with Crippen LogP contribution in [0.2, 0.25) is 0 Å². The normalized spacial score (nSPS) is 11.4. The zero-order valence-corrected chi connectivity index (χ0v) is 12.9. The number of nitrogens with one attached hydrogen (secondary N) is 2. The second kappa shape index (κ2) is 5.81. The average Bonchev–Trinajstić information content (AvgIpc) is 3.04. The van der Waals surface area contributed by atoms with Crippen molar-refractivity contribution in [3.05, 3.63) is 60.2 Å². The third kappa shape index (κ3) is 3.07. The van der Waals surface area contributed by atoms with Gasteiger partial charge in [-0.05, 0) is 30.7 Å². The molecule has 0 spiro atoms. The monoisotopic (exact) mass is 332 g/mol. The summed E-state index contributed by atoms with van der Waals surface area (Å²) in [7, 11) is -4.02.